The van der Waals surface area contributed by atoms with Crippen molar-refractivity contribution in [1.82, 2.24) is 10.6 Å². The summed E-state index contributed by atoms with van der Waals surface area (Å²) in [6.45, 7) is 0.185. The molecule has 0 saturated carbocycles. The highest BCUT2D eigenvalue weighted by Crippen LogP contribution is 1.80. The maximum atomic E-state index is 8.98. The van der Waals surface area contributed by atoms with E-state index in [1.807, 2.05) is 0 Å². The van der Waals surface area contributed by atoms with Crippen molar-refractivity contribution in [2.75, 3.05) is 27.7 Å². The van der Waals surface area contributed by atoms with E-state index in [4.69, 9.17) is 9.84 Å². The van der Waals surface area contributed by atoms with Crippen LogP contribution in [0.25, 0.3) is 0 Å². The molecule has 0 fully saturated rings. The van der Waals surface area contributed by atoms with Gasteiger partial charge in [0.25, 0.3) is 6.02 Å². The van der Waals surface area contributed by atoms with Crippen LogP contribution in [0.4, 0.5) is 0 Å². The molecule has 0 aromatic rings. The Balaban J connectivity index is 3.51. The van der Waals surface area contributed by atoms with Crippen molar-refractivity contribution in [2.45, 2.75) is 6.23 Å². The van der Waals surface area contributed by atoms with E-state index in [9.17, 15) is 0 Å². The van der Waals surface area contributed by atoms with Crippen LogP contribution in [0, 0.1) is 0 Å². The summed E-state index contributed by atoms with van der Waals surface area (Å²) < 4.78 is 5.02. The van der Waals surface area contributed by atoms with E-state index in [2.05, 4.69) is 15.6 Å². The van der Waals surface area contributed by atoms with Gasteiger partial charge >= 0.3 is 0 Å². The second-order valence-electron chi connectivity index (χ2n) is 1.89. The lowest BCUT2D eigenvalue weighted by Gasteiger charge is -2.11. The minimum Gasteiger partial charge on any atom is -0.461 e. The molecule has 0 aromatic carbocycles. The molecule has 0 saturated heterocycles. The first-order valence-corrected chi connectivity index (χ1v) is 3.37. The number of rotatable bonds is 3. The third kappa shape index (κ3) is 4.58. The lowest BCUT2D eigenvalue weighted by atomic mass is 10.6. The molecule has 0 spiro atoms. The molecule has 0 aliphatic rings. The standard InChI is InChI=1S/C6H15N3O2/c1-7-5(10)4-11-6(8-2)9-3/h5,7,10H,4H2,1-3H3,(H,8,9). The van der Waals surface area contributed by atoms with Gasteiger partial charge < -0.3 is 15.2 Å². The van der Waals surface area contributed by atoms with Crippen molar-refractivity contribution in [3.63, 3.8) is 0 Å². The highest BCUT2D eigenvalue weighted by atomic mass is 16.5. The Kier molecular flexibility index (Phi) is 5.50. The first kappa shape index (κ1) is 10.2. The quantitative estimate of drug-likeness (QED) is 0.275. The normalized spacial score (nSPS) is 14.4. The Hall–Kier alpha value is -0.810. The predicted molar refractivity (Wildman–Crippen MR) is 43.4 cm³/mol. The molecule has 5 nitrogen and oxygen atoms in total. The lowest BCUT2D eigenvalue weighted by Crippen LogP contribution is -2.33. The fourth-order valence-corrected chi connectivity index (χ4v) is 0.490. The molecular weight excluding hydrogens is 146 g/mol. The molecule has 11 heavy (non-hydrogen) atoms. The van der Waals surface area contributed by atoms with Crippen LogP contribution in [-0.4, -0.2) is 45.1 Å². The first-order chi connectivity index (χ1) is 5.24. The highest BCUT2D eigenvalue weighted by Gasteiger charge is 2.01. The molecule has 66 valence electrons. The Morgan fingerprint density at radius 2 is 2.27 bits per heavy atom. The lowest BCUT2D eigenvalue weighted by molar-refractivity contribution is 0.0783. The Morgan fingerprint density at radius 3 is 2.64 bits per heavy atom. The van der Waals surface area contributed by atoms with Crippen LogP contribution in [0.1, 0.15) is 0 Å². The number of amidine groups is 1. The van der Waals surface area contributed by atoms with Gasteiger partial charge in [0, 0.05) is 14.1 Å². The zero-order valence-electron chi connectivity index (χ0n) is 7.09. The van der Waals surface area contributed by atoms with Gasteiger partial charge in [-0.2, -0.15) is 0 Å². The minimum absolute atomic E-state index is 0.185. The second kappa shape index (κ2) is 5.94. The third-order valence-corrected chi connectivity index (χ3v) is 1.13. The van der Waals surface area contributed by atoms with E-state index >= 15 is 0 Å². The van der Waals surface area contributed by atoms with Crippen LogP contribution < -0.4 is 10.6 Å². The van der Waals surface area contributed by atoms with E-state index < -0.39 is 6.23 Å². The maximum Gasteiger partial charge on any atom is 0.284 e. The van der Waals surface area contributed by atoms with Gasteiger partial charge in [-0.05, 0) is 7.05 Å². The average Bonchev–Trinajstić information content (AvgIpc) is 2.06. The van der Waals surface area contributed by atoms with Gasteiger partial charge in [-0.3, -0.25) is 5.32 Å². The van der Waals surface area contributed by atoms with Crippen LogP contribution in [-0.2, 0) is 4.74 Å². The zero-order valence-corrected chi connectivity index (χ0v) is 7.09. The van der Waals surface area contributed by atoms with Crippen molar-refractivity contribution in [1.29, 1.82) is 0 Å². The van der Waals surface area contributed by atoms with Crippen LogP contribution in [0.3, 0.4) is 0 Å². The van der Waals surface area contributed by atoms with Crippen LogP contribution >= 0.6 is 0 Å². The largest absolute Gasteiger partial charge is 0.461 e. The number of nitrogens with one attached hydrogen (secondary N) is 2. The summed E-state index contributed by atoms with van der Waals surface area (Å²) in [5, 5.41) is 14.3. The number of aliphatic imine (C=N–C) groups is 1. The fourth-order valence-electron chi connectivity index (χ4n) is 0.490. The monoisotopic (exact) mass is 161 g/mol. The van der Waals surface area contributed by atoms with Crippen molar-refractivity contribution < 1.29 is 9.84 Å². The SMILES string of the molecule is C/N=C(\NC)OCC(O)NC. The first-order valence-electron chi connectivity index (χ1n) is 3.37. The van der Waals surface area contributed by atoms with E-state index in [-0.39, 0.29) is 6.61 Å². The van der Waals surface area contributed by atoms with Crippen LogP contribution in [0.5, 0.6) is 0 Å². The number of ether oxygens (including phenoxy) is 1. The maximum absolute atomic E-state index is 8.98. The minimum atomic E-state index is -0.653. The summed E-state index contributed by atoms with van der Waals surface area (Å²) in [6, 6.07) is 0.416. The van der Waals surface area contributed by atoms with Gasteiger partial charge in [-0.25, -0.2) is 4.99 Å². The smallest absolute Gasteiger partial charge is 0.284 e. The summed E-state index contributed by atoms with van der Waals surface area (Å²) in [4.78, 5) is 3.76. The predicted octanol–water partition coefficient (Wildman–Crippen LogP) is -1.25. The molecule has 0 aliphatic carbocycles. The molecule has 0 aliphatic heterocycles. The van der Waals surface area contributed by atoms with E-state index in [0.29, 0.717) is 6.02 Å². The number of hydrogen-bond acceptors (Lipinski definition) is 4. The molecule has 1 atom stereocenters. The fraction of sp³-hybridized carbons (Fsp3) is 0.833. The molecular formula is C6H15N3O2. The van der Waals surface area contributed by atoms with Crippen molar-refractivity contribution in [3.8, 4) is 0 Å². The molecule has 0 aromatic heterocycles. The molecule has 0 heterocycles. The van der Waals surface area contributed by atoms with E-state index in [1.165, 1.54) is 0 Å². The molecule has 3 N–H and O–H groups in total. The molecule has 0 radical (unpaired) electrons. The molecule has 0 bridgehead atoms. The Bertz CT molecular complexity index is 127. The molecule has 1 unspecified atom stereocenters. The molecule has 5 heteroatoms. The summed E-state index contributed by atoms with van der Waals surface area (Å²) in [7, 11) is 4.96. The van der Waals surface area contributed by atoms with Gasteiger partial charge in [0.2, 0.25) is 0 Å². The summed E-state index contributed by atoms with van der Waals surface area (Å²) in [5.41, 5.74) is 0. The number of hydrogen-bond donors (Lipinski definition) is 3. The van der Waals surface area contributed by atoms with Crippen molar-refractivity contribution >= 4 is 6.02 Å². The van der Waals surface area contributed by atoms with Gasteiger partial charge in [-0.15, -0.1) is 0 Å². The molecule has 0 rings (SSSR count). The van der Waals surface area contributed by atoms with Gasteiger partial charge in [0.1, 0.15) is 12.8 Å². The van der Waals surface area contributed by atoms with Gasteiger partial charge in [0.15, 0.2) is 0 Å². The molecule has 0 amide bonds. The number of likely N-dealkylation sites (N-methyl/N-ethyl adjacent to an activating group) is 1. The van der Waals surface area contributed by atoms with Crippen LogP contribution in [0.15, 0.2) is 4.99 Å². The topological polar surface area (TPSA) is 65.9 Å². The zero-order chi connectivity index (χ0) is 8.69. The van der Waals surface area contributed by atoms with Crippen molar-refractivity contribution in [2.24, 2.45) is 4.99 Å². The third-order valence-electron chi connectivity index (χ3n) is 1.13. The average molecular weight is 161 g/mol. The highest BCUT2D eigenvalue weighted by molar-refractivity contribution is 5.72. The van der Waals surface area contributed by atoms with Crippen LogP contribution in [0.2, 0.25) is 0 Å². The summed E-state index contributed by atoms with van der Waals surface area (Å²) in [5.74, 6) is 0. The van der Waals surface area contributed by atoms with Crippen molar-refractivity contribution in [3.05, 3.63) is 0 Å². The number of nitrogens with zero attached hydrogens (tertiary/aromatic N) is 1. The Morgan fingerprint density at radius 1 is 1.64 bits per heavy atom. The van der Waals surface area contributed by atoms with Gasteiger partial charge in [0.05, 0.1) is 0 Å². The second-order valence-corrected chi connectivity index (χ2v) is 1.89. The summed E-state index contributed by atoms with van der Waals surface area (Å²) >= 11 is 0. The van der Waals surface area contributed by atoms with E-state index in [0.717, 1.165) is 0 Å². The summed E-state index contributed by atoms with van der Waals surface area (Å²) in [6.07, 6.45) is -0.653. The number of aliphatic hydroxyl groups excluding tert-OH is 1. The van der Waals surface area contributed by atoms with E-state index in [1.54, 1.807) is 21.1 Å². The Labute approximate surface area is 66.5 Å². The van der Waals surface area contributed by atoms with Gasteiger partial charge in [-0.1, -0.05) is 0 Å². The number of aliphatic hydroxyl groups is 1.